The van der Waals surface area contributed by atoms with Crippen molar-refractivity contribution in [2.45, 2.75) is 23.4 Å². The third-order valence-corrected chi connectivity index (χ3v) is 8.64. The lowest BCUT2D eigenvalue weighted by Crippen LogP contribution is -2.24. The van der Waals surface area contributed by atoms with E-state index in [1.165, 1.54) is 28.7 Å². The quantitative estimate of drug-likeness (QED) is 0.197. The van der Waals surface area contributed by atoms with Gasteiger partial charge in [0.05, 0.1) is 32.2 Å². The average molecular weight is 593 g/mol. The normalized spacial score (nSPS) is 12.8. The molecule has 1 aliphatic rings. The number of hydrogen-bond acceptors (Lipinski definition) is 7. The molecule has 0 saturated carbocycles. The van der Waals surface area contributed by atoms with Gasteiger partial charge in [0.1, 0.15) is 0 Å². The molecule has 10 heteroatoms. The zero-order valence-electron chi connectivity index (χ0n) is 16.9. The third kappa shape index (κ3) is 4.33. The van der Waals surface area contributed by atoms with Gasteiger partial charge in [0, 0.05) is 15.7 Å². The highest BCUT2D eigenvalue weighted by Crippen LogP contribution is 2.32. The van der Waals surface area contributed by atoms with E-state index in [0.29, 0.717) is 15.2 Å². The van der Waals surface area contributed by atoms with E-state index in [1.54, 1.807) is 16.3 Å². The topological polar surface area (TPSA) is 76.9 Å². The van der Waals surface area contributed by atoms with E-state index < -0.39 is 0 Å². The van der Waals surface area contributed by atoms with Gasteiger partial charge in [-0.05, 0) is 59.3 Å². The maximum absolute atomic E-state index is 13.2. The first kappa shape index (κ1) is 21.9. The highest BCUT2D eigenvalue weighted by molar-refractivity contribution is 14.1. The van der Waals surface area contributed by atoms with Crippen molar-refractivity contribution in [3.8, 4) is 5.69 Å². The van der Waals surface area contributed by atoms with Crippen LogP contribution in [0.4, 0.5) is 5.13 Å². The second kappa shape index (κ2) is 9.16. The Bertz CT molecular complexity index is 1400. The molecule has 2 aromatic heterocycles. The molecule has 0 aliphatic carbocycles. The first-order valence-electron chi connectivity index (χ1n) is 9.83. The van der Waals surface area contributed by atoms with Crippen LogP contribution in [0.25, 0.3) is 15.9 Å². The predicted molar refractivity (Wildman–Crippen MR) is 141 cm³/mol. The van der Waals surface area contributed by atoms with Crippen LogP contribution in [0, 0.1) is 10.5 Å². The summed E-state index contributed by atoms with van der Waals surface area (Å²) in [5.74, 6) is 0.818. The van der Waals surface area contributed by atoms with Crippen LogP contribution in [0.5, 0.6) is 0 Å². The zero-order valence-corrected chi connectivity index (χ0v) is 21.5. The Morgan fingerprint density at radius 2 is 2.06 bits per heavy atom. The van der Waals surface area contributed by atoms with Crippen molar-refractivity contribution in [3.63, 3.8) is 0 Å². The number of benzene rings is 2. The molecule has 3 heterocycles. The Morgan fingerprint density at radius 1 is 1.25 bits per heavy atom. The number of aryl methyl sites for hydroxylation is 2. The summed E-state index contributed by atoms with van der Waals surface area (Å²) < 4.78 is 3.72. The second-order valence-electron chi connectivity index (χ2n) is 7.19. The molecule has 0 spiro atoms. The number of carbonyl (C=O) groups is 1. The van der Waals surface area contributed by atoms with Crippen LogP contribution in [0.2, 0.25) is 0 Å². The number of nitrogens with one attached hydrogen (secondary N) is 1. The van der Waals surface area contributed by atoms with Crippen LogP contribution in [0.3, 0.4) is 0 Å². The van der Waals surface area contributed by atoms with Crippen molar-refractivity contribution in [2.75, 3.05) is 16.8 Å². The fourth-order valence-corrected chi connectivity index (χ4v) is 7.40. The van der Waals surface area contributed by atoms with Gasteiger partial charge in [0.25, 0.3) is 5.56 Å². The SMILES string of the molecule is Cc1cc(I)c2nc(NC(=O)CSc3nc4c(c(=O)n3-c3ccccc3)SCC4)sc2c1. The minimum atomic E-state index is -0.176. The number of nitrogens with zero attached hydrogens (tertiary/aromatic N) is 3. The zero-order chi connectivity index (χ0) is 22.2. The molecule has 5 rings (SSSR count). The van der Waals surface area contributed by atoms with Crippen LogP contribution in [0.1, 0.15) is 11.3 Å². The largest absolute Gasteiger partial charge is 0.301 e. The van der Waals surface area contributed by atoms with Gasteiger partial charge < -0.3 is 5.32 Å². The Morgan fingerprint density at radius 3 is 2.88 bits per heavy atom. The number of hydrogen-bond donors (Lipinski definition) is 1. The summed E-state index contributed by atoms with van der Waals surface area (Å²) in [4.78, 5) is 35.9. The molecule has 0 atom stereocenters. The van der Waals surface area contributed by atoms with Crippen molar-refractivity contribution in [1.82, 2.24) is 14.5 Å². The number of thiazole rings is 1. The molecule has 4 aromatic rings. The second-order valence-corrected chi connectivity index (χ2v) is 11.4. The molecular formula is C22H17IN4O2S3. The number of halogens is 1. The van der Waals surface area contributed by atoms with Gasteiger partial charge in [-0.25, -0.2) is 9.97 Å². The molecule has 1 amide bonds. The molecular weight excluding hydrogens is 575 g/mol. The summed E-state index contributed by atoms with van der Waals surface area (Å²) in [6.45, 7) is 2.05. The lowest BCUT2D eigenvalue weighted by molar-refractivity contribution is -0.113. The number of rotatable bonds is 5. The van der Waals surface area contributed by atoms with Gasteiger partial charge in [-0.1, -0.05) is 41.3 Å². The van der Waals surface area contributed by atoms with Gasteiger partial charge in [-0.3, -0.25) is 14.2 Å². The van der Waals surface area contributed by atoms with Gasteiger partial charge in [0.15, 0.2) is 10.3 Å². The summed E-state index contributed by atoms with van der Waals surface area (Å²) in [5, 5.41) is 4.01. The summed E-state index contributed by atoms with van der Waals surface area (Å²) in [6, 6.07) is 13.6. The smallest absolute Gasteiger partial charge is 0.272 e. The van der Waals surface area contributed by atoms with E-state index in [4.69, 9.17) is 4.98 Å². The molecule has 0 unspecified atom stereocenters. The van der Waals surface area contributed by atoms with Crippen LogP contribution in [-0.2, 0) is 11.2 Å². The first-order valence-corrected chi connectivity index (χ1v) is 13.7. The van der Waals surface area contributed by atoms with Crippen molar-refractivity contribution >= 4 is 78.7 Å². The number of thioether (sulfide) groups is 2. The highest BCUT2D eigenvalue weighted by atomic mass is 127. The summed E-state index contributed by atoms with van der Waals surface area (Å²) in [5.41, 5.74) is 3.58. The van der Waals surface area contributed by atoms with Gasteiger partial charge >= 0.3 is 0 Å². The van der Waals surface area contributed by atoms with E-state index in [1.807, 2.05) is 37.3 Å². The third-order valence-electron chi connectivity index (χ3n) is 4.85. The number of carbonyl (C=O) groups excluding carboxylic acids is 1. The molecule has 0 bridgehead atoms. The van der Waals surface area contributed by atoms with Gasteiger partial charge in [0.2, 0.25) is 5.91 Å². The van der Waals surface area contributed by atoms with E-state index in [2.05, 4.69) is 45.0 Å². The van der Waals surface area contributed by atoms with Crippen LogP contribution < -0.4 is 10.9 Å². The van der Waals surface area contributed by atoms with Crippen LogP contribution in [0.15, 0.2) is 57.3 Å². The number of fused-ring (bicyclic) bond motifs is 2. The Kier molecular flexibility index (Phi) is 6.28. The fraction of sp³-hybridized carbons (Fsp3) is 0.182. The Balaban J connectivity index is 1.39. The number of anilines is 1. The molecule has 1 N–H and O–H groups in total. The molecule has 32 heavy (non-hydrogen) atoms. The summed E-state index contributed by atoms with van der Waals surface area (Å²) in [6.07, 6.45) is 0.772. The number of para-hydroxylation sites is 1. The van der Waals surface area contributed by atoms with E-state index in [-0.39, 0.29) is 17.2 Å². The molecule has 1 aliphatic heterocycles. The molecule has 0 fully saturated rings. The Labute approximate surface area is 210 Å². The number of aromatic nitrogens is 3. The molecule has 0 radical (unpaired) electrons. The van der Waals surface area contributed by atoms with Crippen molar-refractivity contribution in [1.29, 1.82) is 0 Å². The maximum atomic E-state index is 13.2. The standard InChI is InChI=1S/C22H17IN4O2S3/c1-12-9-14(23)18-16(10-12)32-21(26-18)25-17(28)11-31-22-24-15-7-8-30-19(15)20(29)27(22)13-5-3-2-4-6-13/h2-6,9-10H,7-8,11H2,1H3,(H,25,26,28). The van der Waals surface area contributed by atoms with Crippen molar-refractivity contribution < 1.29 is 4.79 Å². The van der Waals surface area contributed by atoms with E-state index >= 15 is 0 Å². The lowest BCUT2D eigenvalue weighted by Gasteiger charge is -2.13. The molecule has 162 valence electrons. The maximum Gasteiger partial charge on any atom is 0.272 e. The molecule has 2 aromatic carbocycles. The van der Waals surface area contributed by atoms with E-state index in [9.17, 15) is 9.59 Å². The predicted octanol–water partition coefficient (Wildman–Crippen LogP) is 5.13. The van der Waals surface area contributed by atoms with Crippen molar-refractivity contribution in [2.24, 2.45) is 0 Å². The van der Waals surface area contributed by atoms with E-state index in [0.717, 1.165) is 37.3 Å². The van der Waals surface area contributed by atoms with Crippen LogP contribution in [-0.4, -0.2) is 31.9 Å². The van der Waals surface area contributed by atoms with Gasteiger partial charge in [-0.2, -0.15) is 0 Å². The van der Waals surface area contributed by atoms with Crippen LogP contribution >= 0.6 is 57.5 Å². The minimum Gasteiger partial charge on any atom is -0.301 e. The first-order chi connectivity index (χ1) is 15.5. The summed E-state index contributed by atoms with van der Waals surface area (Å²) >= 11 is 6.55. The average Bonchev–Trinajstić information content (AvgIpc) is 3.40. The molecule has 0 saturated heterocycles. The monoisotopic (exact) mass is 592 g/mol. The van der Waals surface area contributed by atoms with Gasteiger partial charge in [-0.15, -0.1) is 11.8 Å². The fourth-order valence-electron chi connectivity index (χ4n) is 3.45. The molecule has 6 nitrogen and oxygen atoms in total. The summed E-state index contributed by atoms with van der Waals surface area (Å²) in [7, 11) is 0. The lowest BCUT2D eigenvalue weighted by atomic mass is 10.2. The number of amides is 1. The van der Waals surface area contributed by atoms with Crippen molar-refractivity contribution in [3.05, 3.63) is 67.6 Å². The Hall–Kier alpha value is -1.89. The highest BCUT2D eigenvalue weighted by Gasteiger charge is 2.23. The minimum absolute atomic E-state index is 0.0669.